The van der Waals surface area contributed by atoms with E-state index in [9.17, 15) is 27.9 Å². The van der Waals surface area contributed by atoms with Gasteiger partial charge in [-0.1, -0.05) is 29.8 Å². The first-order chi connectivity index (χ1) is 15.5. The Morgan fingerprint density at radius 3 is 2.42 bits per heavy atom. The van der Waals surface area contributed by atoms with E-state index in [0.29, 0.717) is 16.8 Å². The van der Waals surface area contributed by atoms with Gasteiger partial charge in [0.2, 0.25) is 0 Å². The van der Waals surface area contributed by atoms with Crippen LogP contribution in [0.3, 0.4) is 0 Å². The third-order valence-corrected chi connectivity index (χ3v) is 5.64. The number of rotatable bonds is 3. The predicted molar refractivity (Wildman–Crippen MR) is 118 cm³/mol. The molecule has 0 aliphatic carbocycles. The summed E-state index contributed by atoms with van der Waals surface area (Å²) in [6, 6.07) is 12.0. The van der Waals surface area contributed by atoms with Crippen molar-refractivity contribution >= 4 is 46.5 Å². The lowest BCUT2D eigenvalue weighted by Gasteiger charge is -2.18. The number of hydrogen-bond acceptors (Lipinski definition) is 3. The van der Waals surface area contributed by atoms with E-state index in [-0.39, 0.29) is 27.4 Å². The highest BCUT2D eigenvalue weighted by Gasteiger charge is 2.37. The molecule has 0 fully saturated rings. The van der Waals surface area contributed by atoms with E-state index in [1.165, 1.54) is 23.1 Å². The molecule has 168 valence electrons. The number of amides is 1. The number of carboxylic acid groups (broad SMARTS) is 1. The zero-order valence-electron chi connectivity index (χ0n) is 16.9. The number of fused-ring (bicyclic) bond motifs is 1. The van der Waals surface area contributed by atoms with Crippen molar-refractivity contribution in [3.8, 4) is 5.75 Å². The van der Waals surface area contributed by atoms with Crippen LogP contribution in [0.15, 0.2) is 54.6 Å². The van der Waals surface area contributed by atoms with Crippen LogP contribution in [0.2, 0.25) is 5.02 Å². The Hall–Kier alpha value is -3.78. The van der Waals surface area contributed by atoms with Crippen LogP contribution in [-0.4, -0.2) is 22.1 Å². The van der Waals surface area contributed by atoms with Crippen molar-refractivity contribution in [1.29, 1.82) is 0 Å². The van der Waals surface area contributed by atoms with Crippen LogP contribution in [-0.2, 0) is 11.0 Å². The summed E-state index contributed by atoms with van der Waals surface area (Å²) in [7, 11) is 0. The lowest BCUT2D eigenvalue weighted by Crippen LogP contribution is -2.20. The summed E-state index contributed by atoms with van der Waals surface area (Å²) in [4.78, 5) is 25.9. The second-order valence-electron chi connectivity index (χ2n) is 7.37. The molecule has 0 bridgehead atoms. The highest BCUT2D eigenvalue weighted by molar-refractivity contribution is 6.39. The molecule has 0 atom stereocenters. The summed E-state index contributed by atoms with van der Waals surface area (Å²) >= 11 is 6.09. The minimum Gasteiger partial charge on any atom is -0.507 e. The normalized spacial score (nSPS) is 14.6. The van der Waals surface area contributed by atoms with Gasteiger partial charge in [-0.2, -0.15) is 13.2 Å². The van der Waals surface area contributed by atoms with Gasteiger partial charge >= 0.3 is 12.1 Å². The molecule has 0 saturated heterocycles. The quantitative estimate of drug-likeness (QED) is 0.438. The van der Waals surface area contributed by atoms with Crippen LogP contribution in [0.1, 0.15) is 32.6 Å². The molecule has 9 heteroatoms. The van der Waals surface area contributed by atoms with E-state index >= 15 is 0 Å². The molecule has 2 N–H and O–H groups in total. The smallest absolute Gasteiger partial charge is 0.417 e. The maximum absolute atomic E-state index is 13.6. The predicted octanol–water partition coefficient (Wildman–Crippen LogP) is 6.29. The number of hydrogen-bond donors (Lipinski definition) is 2. The Labute approximate surface area is 191 Å². The first kappa shape index (κ1) is 22.4. The molecule has 1 aliphatic rings. The van der Waals surface area contributed by atoms with Gasteiger partial charge in [0.05, 0.1) is 22.5 Å². The number of carboxylic acids is 1. The summed E-state index contributed by atoms with van der Waals surface area (Å²) in [5.41, 5.74) is -0.0799. The molecule has 1 heterocycles. The number of aromatic hydroxyl groups is 1. The van der Waals surface area contributed by atoms with E-state index in [0.717, 1.165) is 24.3 Å². The summed E-state index contributed by atoms with van der Waals surface area (Å²) in [5, 5.41) is 19.1. The van der Waals surface area contributed by atoms with Crippen molar-refractivity contribution in [2.45, 2.75) is 13.1 Å². The number of nitrogens with zero attached hydrogens (tertiary/aromatic N) is 1. The van der Waals surface area contributed by atoms with E-state index in [4.69, 9.17) is 16.7 Å². The Kier molecular flexibility index (Phi) is 5.41. The summed E-state index contributed by atoms with van der Waals surface area (Å²) in [6.07, 6.45) is -3.57. The summed E-state index contributed by atoms with van der Waals surface area (Å²) in [6.45, 7) is 1.71. The zero-order valence-corrected chi connectivity index (χ0v) is 17.7. The SMILES string of the molecule is Cc1cccc2c1/C(=C\c1c(Cl)cccc1C(F)(F)F)C(=O)N2c1ccc(C(=O)O)c(O)c1. The van der Waals surface area contributed by atoms with Gasteiger partial charge < -0.3 is 10.2 Å². The Bertz CT molecular complexity index is 1350. The Balaban J connectivity index is 1.94. The fourth-order valence-corrected chi connectivity index (χ4v) is 4.06. The van der Waals surface area contributed by atoms with E-state index in [1.54, 1.807) is 25.1 Å². The third-order valence-electron chi connectivity index (χ3n) is 5.31. The molecule has 0 radical (unpaired) electrons. The number of alkyl halides is 3. The highest BCUT2D eigenvalue weighted by atomic mass is 35.5. The van der Waals surface area contributed by atoms with Crippen LogP contribution in [0.25, 0.3) is 11.6 Å². The van der Waals surface area contributed by atoms with Crippen LogP contribution in [0, 0.1) is 6.92 Å². The third kappa shape index (κ3) is 3.82. The van der Waals surface area contributed by atoms with Crippen LogP contribution in [0.4, 0.5) is 24.5 Å². The van der Waals surface area contributed by atoms with Gasteiger partial charge in [0.25, 0.3) is 5.91 Å². The van der Waals surface area contributed by atoms with E-state index in [2.05, 4.69) is 0 Å². The molecular formula is C24H15ClF3NO4. The molecule has 0 unspecified atom stereocenters. The molecule has 3 aromatic carbocycles. The monoisotopic (exact) mass is 473 g/mol. The van der Waals surface area contributed by atoms with E-state index < -0.39 is 29.4 Å². The number of carbonyl (C=O) groups is 2. The van der Waals surface area contributed by atoms with Crippen molar-refractivity contribution < 1.29 is 33.0 Å². The average Bonchev–Trinajstić information content (AvgIpc) is 3.01. The van der Waals surface area contributed by atoms with Crippen LogP contribution in [0.5, 0.6) is 5.75 Å². The number of aryl methyl sites for hydroxylation is 1. The topological polar surface area (TPSA) is 77.8 Å². The largest absolute Gasteiger partial charge is 0.507 e. The number of halogens is 4. The van der Waals surface area contributed by atoms with Gasteiger partial charge in [-0.3, -0.25) is 9.69 Å². The number of phenols is 1. The molecule has 1 aliphatic heterocycles. The fourth-order valence-electron chi connectivity index (χ4n) is 3.83. The second kappa shape index (κ2) is 7.97. The number of carbonyl (C=O) groups excluding carboxylic acids is 1. The van der Waals surface area contributed by atoms with Crippen molar-refractivity contribution in [3.63, 3.8) is 0 Å². The minimum absolute atomic E-state index is 0.0106. The van der Waals surface area contributed by atoms with Gasteiger partial charge in [0.15, 0.2) is 0 Å². The van der Waals surface area contributed by atoms with Gasteiger partial charge in [-0.05, 0) is 48.9 Å². The second-order valence-corrected chi connectivity index (χ2v) is 7.78. The standard InChI is InChI=1S/C24H15ClF3NO4/c1-12-4-2-7-19-21(12)16(11-15-17(24(26,27)28)5-3-6-18(15)25)22(31)29(19)13-8-9-14(23(32)33)20(30)10-13/h2-11,30H,1H3,(H,32,33)/b16-11+. The zero-order chi connectivity index (χ0) is 24.1. The number of aromatic carboxylic acids is 1. The van der Waals surface area contributed by atoms with Gasteiger partial charge in [0, 0.05) is 22.2 Å². The molecule has 5 nitrogen and oxygen atoms in total. The Morgan fingerprint density at radius 1 is 1.09 bits per heavy atom. The Morgan fingerprint density at radius 2 is 1.79 bits per heavy atom. The van der Waals surface area contributed by atoms with Gasteiger partial charge in [-0.25, -0.2) is 4.79 Å². The van der Waals surface area contributed by atoms with Crippen LogP contribution >= 0.6 is 11.6 Å². The maximum atomic E-state index is 13.6. The minimum atomic E-state index is -4.69. The lowest BCUT2D eigenvalue weighted by molar-refractivity contribution is -0.137. The highest BCUT2D eigenvalue weighted by Crippen LogP contribution is 2.46. The summed E-state index contributed by atoms with van der Waals surface area (Å²) in [5.74, 6) is -2.54. The van der Waals surface area contributed by atoms with Crippen molar-refractivity contribution in [2.75, 3.05) is 4.90 Å². The van der Waals surface area contributed by atoms with Gasteiger partial charge in [0.1, 0.15) is 11.3 Å². The molecule has 1 amide bonds. The van der Waals surface area contributed by atoms with Gasteiger partial charge in [-0.15, -0.1) is 0 Å². The van der Waals surface area contributed by atoms with Crippen LogP contribution < -0.4 is 4.90 Å². The molecular weight excluding hydrogens is 459 g/mol. The first-order valence-electron chi connectivity index (χ1n) is 9.59. The lowest BCUT2D eigenvalue weighted by atomic mass is 9.97. The maximum Gasteiger partial charge on any atom is 0.417 e. The number of anilines is 2. The first-order valence-corrected chi connectivity index (χ1v) is 9.96. The summed E-state index contributed by atoms with van der Waals surface area (Å²) < 4.78 is 40.8. The van der Waals surface area contributed by atoms with Crippen molar-refractivity contribution in [1.82, 2.24) is 0 Å². The van der Waals surface area contributed by atoms with Crippen molar-refractivity contribution in [2.24, 2.45) is 0 Å². The molecule has 0 saturated carbocycles. The molecule has 0 spiro atoms. The molecule has 33 heavy (non-hydrogen) atoms. The number of benzene rings is 3. The molecule has 4 rings (SSSR count). The fraction of sp³-hybridized carbons (Fsp3) is 0.0833. The molecule has 0 aromatic heterocycles. The van der Waals surface area contributed by atoms with E-state index in [1.807, 2.05) is 0 Å². The van der Waals surface area contributed by atoms with Crippen molar-refractivity contribution in [3.05, 3.63) is 87.4 Å². The molecule has 3 aromatic rings. The average molecular weight is 474 g/mol.